The molecule has 0 unspecified atom stereocenters. The van der Waals surface area contributed by atoms with Crippen LogP contribution in [-0.2, 0) is 16.1 Å². The Kier molecular flexibility index (Phi) is 6.57. The fraction of sp³-hybridized carbons (Fsp3) is 0.391. The Morgan fingerprint density at radius 1 is 1.06 bits per heavy atom. The standard InChI is InChI=1S/C23H27N3O5/c1-29-19-5-2-16(3-6-19)13-24-22(27)14-26-10-8-17(9-11-26)23(28)25-18-4-7-20-21(12-18)31-15-30-20/h2-7,12,17H,8-11,13-15H2,1H3,(H,24,27)(H,25,28)/p+1. The van der Waals surface area contributed by atoms with E-state index in [1.807, 2.05) is 30.3 Å². The molecule has 8 heteroatoms. The van der Waals surface area contributed by atoms with Crippen LogP contribution in [0.25, 0.3) is 0 Å². The first-order valence-electron chi connectivity index (χ1n) is 10.5. The zero-order chi connectivity index (χ0) is 21.6. The molecule has 164 valence electrons. The lowest BCUT2D eigenvalue weighted by molar-refractivity contribution is -0.897. The number of piperidine rings is 1. The van der Waals surface area contributed by atoms with Crippen molar-refractivity contribution in [3.8, 4) is 17.2 Å². The number of fused-ring (bicyclic) bond motifs is 1. The zero-order valence-corrected chi connectivity index (χ0v) is 17.6. The average Bonchev–Trinajstić information content (AvgIpc) is 3.26. The highest BCUT2D eigenvalue weighted by Gasteiger charge is 2.28. The summed E-state index contributed by atoms with van der Waals surface area (Å²) in [6.07, 6.45) is 1.52. The van der Waals surface area contributed by atoms with Gasteiger partial charge in [0.05, 0.1) is 20.2 Å². The zero-order valence-electron chi connectivity index (χ0n) is 17.6. The maximum absolute atomic E-state index is 12.6. The van der Waals surface area contributed by atoms with Gasteiger partial charge in [-0.25, -0.2) is 0 Å². The number of nitrogens with one attached hydrogen (secondary N) is 3. The molecule has 0 aromatic heterocycles. The minimum Gasteiger partial charge on any atom is -0.497 e. The van der Waals surface area contributed by atoms with E-state index in [1.165, 1.54) is 4.90 Å². The van der Waals surface area contributed by atoms with Crippen LogP contribution in [0.5, 0.6) is 17.2 Å². The quantitative estimate of drug-likeness (QED) is 0.614. The molecular formula is C23H28N3O5+. The first-order chi connectivity index (χ1) is 15.1. The van der Waals surface area contributed by atoms with Gasteiger partial charge in [-0.2, -0.15) is 0 Å². The Labute approximate surface area is 181 Å². The van der Waals surface area contributed by atoms with Gasteiger partial charge in [-0.15, -0.1) is 0 Å². The summed E-state index contributed by atoms with van der Waals surface area (Å²) in [6, 6.07) is 13.0. The molecule has 0 bridgehead atoms. The van der Waals surface area contributed by atoms with Gasteiger partial charge in [0.25, 0.3) is 5.91 Å². The van der Waals surface area contributed by atoms with Crippen molar-refractivity contribution in [2.75, 3.05) is 38.9 Å². The first kappa shape index (κ1) is 21.0. The smallest absolute Gasteiger partial charge is 0.275 e. The molecule has 2 amide bonds. The average molecular weight is 426 g/mol. The molecule has 2 aromatic carbocycles. The van der Waals surface area contributed by atoms with E-state index in [9.17, 15) is 9.59 Å². The van der Waals surface area contributed by atoms with Crippen molar-refractivity contribution in [1.29, 1.82) is 0 Å². The van der Waals surface area contributed by atoms with E-state index in [0.29, 0.717) is 30.3 Å². The molecule has 2 aromatic rings. The molecule has 2 aliphatic rings. The van der Waals surface area contributed by atoms with Gasteiger partial charge < -0.3 is 29.7 Å². The van der Waals surface area contributed by atoms with E-state index in [2.05, 4.69) is 10.6 Å². The van der Waals surface area contributed by atoms with Crippen LogP contribution in [-0.4, -0.2) is 45.4 Å². The highest BCUT2D eigenvalue weighted by Crippen LogP contribution is 2.34. The lowest BCUT2D eigenvalue weighted by atomic mass is 9.95. The summed E-state index contributed by atoms with van der Waals surface area (Å²) in [5.41, 5.74) is 1.74. The molecule has 1 saturated heterocycles. The van der Waals surface area contributed by atoms with Crippen molar-refractivity contribution in [2.45, 2.75) is 19.4 Å². The Morgan fingerprint density at radius 2 is 1.81 bits per heavy atom. The molecule has 1 fully saturated rings. The predicted octanol–water partition coefficient (Wildman–Crippen LogP) is 0.974. The second-order valence-electron chi connectivity index (χ2n) is 7.88. The Morgan fingerprint density at radius 3 is 2.55 bits per heavy atom. The number of methoxy groups -OCH3 is 1. The van der Waals surface area contributed by atoms with Gasteiger partial charge >= 0.3 is 0 Å². The van der Waals surface area contributed by atoms with E-state index in [1.54, 1.807) is 19.2 Å². The van der Waals surface area contributed by atoms with Gasteiger partial charge in [0.15, 0.2) is 18.0 Å². The molecule has 31 heavy (non-hydrogen) atoms. The first-order valence-corrected chi connectivity index (χ1v) is 10.5. The number of rotatable bonds is 7. The normalized spacial score (nSPS) is 19.5. The predicted molar refractivity (Wildman–Crippen MR) is 114 cm³/mol. The lowest BCUT2D eigenvalue weighted by Crippen LogP contribution is -3.14. The van der Waals surface area contributed by atoms with Crippen LogP contribution in [0, 0.1) is 5.92 Å². The number of ether oxygens (including phenoxy) is 3. The van der Waals surface area contributed by atoms with Crippen LogP contribution in [0.2, 0.25) is 0 Å². The number of quaternary nitrogens is 1. The fourth-order valence-corrected chi connectivity index (χ4v) is 3.92. The van der Waals surface area contributed by atoms with Gasteiger partial charge in [-0.1, -0.05) is 12.1 Å². The molecule has 0 spiro atoms. The molecule has 4 rings (SSSR count). The number of hydrogen-bond donors (Lipinski definition) is 3. The summed E-state index contributed by atoms with van der Waals surface area (Å²) in [5, 5.41) is 5.94. The lowest BCUT2D eigenvalue weighted by Gasteiger charge is -2.28. The third kappa shape index (κ3) is 5.46. The summed E-state index contributed by atoms with van der Waals surface area (Å²) in [5.74, 6) is 2.13. The van der Waals surface area contributed by atoms with Gasteiger partial charge in [0, 0.05) is 37.1 Å². The summed E-state index contributed by atoms with van der Waals surface area (Å²) in [4.78, 5) is 26.1. The Balaban J connectivity index is 1.18. The van der Waals surface area contributed by atoms with E-state index < -0.39 is 0 Å². The van der Waals surface area contributed by atoms with Gasteiger partial charge in [0.2, 0.25) is 12.7 Å². The summed E-state index contributed by atoms with van der Waals surface area (Å²) < 4.78 is 15.8. The number of carbonyl (C=O) groups excluding carboxylic acids is 2. The van der Waals surface area contributed by atoms with Crippen LogP contribution >= 0.6 is 0 Å². The number of benzene rings is 2. The molecule has 2 aliphatic heterocycles. The van der Waals surface area contributed by atoms with Crippen LogP contribution in [0.1, 0.15) is 18.4 Å². The van der Waals surface area contributed by atoms with Crippen LogP contribution in [0.15, 0.2) is 42.5 Å². The molecule has 0 saturated carbocycles. The van der Waals surface area contributed by atoms with Crippen molar-refractivity contribution in [2.24, 2.45) is 5.92 Å². The van der Waals surface area contributed by atoms with E-state index >= 15 is 0 Å². The summed E-state index contributed by atoms with van der Waals surface area (Å²) in [7, 11) is 1.63. The van der Waals surface area contributed by atoms with Crippen molar-refractivity contribution >= 4 is 17.5 Å². The van der Waals surface area contributed by atoms with Crippen LogP contribution in [0.3, 0.4) is 0 Å². The molecule has 0 atom stereocenters. The second kappa shape index (κ2) is 9.70. The summed E-state index contributed by atoms with van der Waals surface area (Å²) in [6.45, 7) is 2.73. The monoisotopic (exact) mass is 426 g/mol. The van der Waals surface area contributed by atoms with E-state index in [4.69, 9.17) is 14.2 Å². The van der Waals surface area contributed by atoms with Crippen LogP contribution in [0.4, 0.5) is 5.69 Å². The van der Waals surface area contributed by atoms with Crippen molar-refractivity contribution in [3.05, 3.63) is 48.0 Å². The van der Waals surface area contributed by atoms with Gasteiger partial charge in [-0.3, -0.25) is 9.59 Å². The maximum atomic E-state index is 12.6. The SMILES string of the molecule is COc1ccc(CNC(=O)C[NH+]2CCC(C(=O)Nc3ccc4c(c3)OCO4)CC2)cc1. The molecule has 3 N–H and O–H groups in total. The number of amides is 2. The minimum absolute atomic E-state index is 0.0156. The number of carbonyl (C=O) groups is 2. The number of likely N-dealkylation sites (tertiary alicyclic amines) is 1. The molecule has 0 aliphatic carbocycles. The highest BCUT2D eigenvalue weighted by molar-refractivity contribution is 5.93. The van der Waals surface area contributed by atoms with Gasteiger partial charge in [0.1, 0.15) is 5.75 Å². The van der Waals surface area contributed by atoms with Crippen LogP contribution < -0.4 is 29.7 Å². The molecule has 0 radical (unpaired) electrons. The van der Waals surface area contributed by atoms with E-state index in [0.717, 1.165) is 37.2 Å². The second-order valence-corrected chi connectivity index (χ2v) is 7.88. The Bertz CT molecular complexity index is 923. The highest BCUT2D eigenvalue weighted by atomic mass is 16.7. The van der Waals surface area contributed by atoms with Crippen molar-refractivity contribution in [1.82, 2.24) is 5.32 Å². The largest absolute Gasteiger partial charge is 0.497 e. The number of anilines is 1. The van der Waals surface area contributed by atoms with Gasteiger partial charge in [-0.05, 0) is 29.8 Å². The van der Waals surface area contributed by atoms with Crippen molar-refractivity contribution in [3.63, 3.8) is 0 Å². The maximum Gasteiger partial charge on any atom is 0.275 e. The van der Waals surface area contributed by atoms with Crippen molar-refractivity contribution < 1.29 is 28.7 Å². The minimum atomic E-state index is -0.0449. The Hall–Kier alpha value is -3.26. The topological polar surface area (TPSA) is 90.3 Å². The fourth-order valence-electron chi connectivity index (χ4n) is 3.92. The third-order valence-electron chi connectivity index (χ3n) is 5.76. The molecular weight excluding hydrogens is 398 g/mol. The molecule has 8 nitrogen and oxygen atoms in total. The molecule has 2 heterocycles. The van der Waals surface area contributed by atoms with E-state index in [-0.39, 0.29) is 24.5 Å². The third-order valence-corrected chi connectivity index (χ3v) is 5.76. The number of hydrogen-bond acceptors (Lipinski definition) is 5. The summed E-state index contributed by atoms with van der Waals surface area (Å²) >= 11 is 0.